The Labute approximate surface area is 310 Å². The SMILES string of the molecule is CC(=O)O[C@@H]1[C@@H](O)[C@H](CO[C@H]2O[C@@H](C)[C@H](OC(C)=O)[C@@H](OC(C)=O)[C@H]2OC(C)=O)O[C@H](Oc2c(-c3ccc(O)c(O)c3)oc3cc(O)cc(O)c3c2=O)[C@@H]1O. The second kappa shape index (κ2) is 16.4. The number of carbonyl (C=O) groups excluding carboxylic acids is 4. The van der Waals surface area contributed by atoms with Crippen molar-refractivity contribution in [2.45, 2.75) is 96.0 Å². The van der Waals surface area contributed by atoms with Crippen LogP contribution in [-0.2, 0) is 52.3 Å². The van der Waals surface area contributed by atoms with E-state index in [1.165, 1.54) is 13.0 Å². The number of aromatic hydroxyl groups is 4. The molecular weight excluding hydrogens is 740 g/mol. The standard InChI is InChI=1S/C35H38O20/c1-12-28(49-13(2)36)32(51-15(4)38)33(52-16(5)39)35(48-12)47-11-23-25(44)30(50-14(3)37)27(46)34(54-23)55-31-26(45)24-21(43)9-18(40)10-22(24)53-29(31)17-6-7-19(41)20(42)8-17/h6-10,12,23,25,27-28,30,32-35,40-44,46H,11H2,1-5H3/t12-,23-,25-,27+,28-,30+,32+,33+,34+,35-/m0/s1. The van der Waals surface area contributed by atoms with Crippen molar-refractivity contribution in [3.63, 3.8) is 0 Å². The third kappa shape index (κ3) is 8.84. The molecular formula is C35H38O20. The molecule has 1 aromatic heterocycles. The minimum absolute atomic E-state index is 0.0802. The predicted octanol–water partition coefficient (Wildman–Crippen LogP) is 0.596. The fourth-order valence-corrected chi connectivity index (χ4v) is 6.11. The molecule has 0 bridgehead atoms. The zero-order valence-corrected chi connectivity index (χ0v) is 29.8. The summed E-state index contributed by atoms with van der Waals surface area (Å²) in [6.45, 7) is 4.93. The van der Waals surface area contributed by atoms with Gasteiger partial charge in [-0.3, -0.25) is 24.0 Å². The first kappa shape index (κ1) is 40.5. The van der Waals surface area contributed by atoms with Gasteiger partial charge in [0.1, 0.15) is 34.7 Å². The maximum absolute atomic E-state index is 13.9. The minimum atomic E-state index is -2.03. The average Bonchev–Trinajstić information content (AvgIpc) is 3.08. The van der Waals surface area contributed by atoms with Crippen LogP contribution in [0.2, 0.25) is 0 Å². The molecule has 0 spiro atoms. The third-order valence-corrected chi connectivity index (χ3v) is 8.39. The molecule has 0 amide bonds. The van der Waals surface area contributed by atoms with Gasteiger partial charge in [-0.1, -0.05) is 0 Å². The lowest BCUT2D eigenvalue weighted by molar-refractivity contribution is -0.322. The van der Waals surface area contributed by atoms with Crippen LogP contribution in [0.4, 0.5) is 0 Å². The number of esters is 4. The van der Waals surface area contributed by atoms with Gasteiger partial charge in [-0.05, 0) is 25.1 Å². The summed E-state index contributed by atoms with van der Waals surface area (Å²) in [7, 11) is 0. The van der Waals surface area contributed by atoms with Crippen LogP contribution >= 0.6 is 0 Å². The molecule has 298 valence electrons. The lowest BCUT2D eigenvalue weighted by Gasteiger charge is -2.45. The Bertz CT molecular complexity index is 2010. The number of rotatable bonds is 10. The molecule has 2 aliphatic rings. The predicted molar refractivity (Wildman–Crippen MR) is 178 cm³/mol. The first-order chi connectivity index (χ1) is 25.9. The van der Waals surface area contributed by atoms with Crippen molar-refractivity contribution in [2.75, 3.05) is 6.61 Å². The molecule has 3 aromatic rings. The van der Waals surface area contributed by atoms with Gasteiger partial charge < -0.3 is 73.0 Å². The van der Waals surface area contributed by atoms with E-state index in [-0.39, 0.29) is 11.1 Å². The highest BCUT2D eigenvalue weighted by Gasteiger charge is 2.53. The Kier molecular flexibility index (Phi) is 12.1. The fourth-order valence-electron chi connectivity index (χ4n) is 6.11. The number of aliphatic hydroxyl groups is 2. The summed E-state index contributed by atoms with van der Waals surface area (Å²) in [5.74, 6) is -7.03. The number of benzene rings is 2. The molecule has 0 unspecified atom stereocenters. The summed E-state index contributed by atoms with van der Waals surface area (Å²) in [4.78, 5) is 62.1. The van der Waals surface area contributed by atoms with Gasteiger partial charge in [-0.2, -0.15) is 0 Å². The Hall–Kier alpha value is -5.67. The van der Waals surface area contributed by atoms with E-state index in [1.54, 1.807) is 0 Å². The van der Waals surface area contributed by atoms with Gasteiger partial charge >= 0.3 is 23.9 Å². The van der Waals surface area contributed by atoms with Crippen LogP contribution in [0.3, 0.4) is 0 Å². The molecule has 20 nitrogen and oxygen atoms in total. The van der Waals surface area contributed by atoms with Gasteiger partial charge in [0.25, 0.3) is 0 Å². The van der Waals surface area contributed by atoms with Crippen molar-refractivity contribution in [2.24, 2.45) is 0 Å². The molecule has 2 saturated heterocycles. The van der Waals surface area contributed by atoms with E-state index in [0.29, 0.717) is 0 Å². The maximum atomic E-state index is 13.9. The molecule has 0 radical (unpaired) electrons. The quantitative estimate of drug-likeness (QED) is 0.0933. The van der Waals surface area contributed by atoms with E-state index in [4.69, 9.17) is 42.3 Å². The largest absolute Gasteiger partial charge is 0.508 e. The Morgan fingerprint density at radius 1 is 0.691 bits per heavy atom. The molecule has 6 N–H and O–H groups in total. The lowest BCUT2D eigenvalue weighted by atomic mass is 9.98. The van der Waals surface area contributed by atoms with Crippen LogP contribution in [-0.4, -0.2) is 123 Å². The summed E-state index contributed by atoms with van der Waals surface area (Å²) in [5.41, 5.74) is -1.50. The van der Waals surface area contributed by atoms with E-state index < -0.39 is 137 Å². The molecule has 55 heavy (non-hydrogen) atoms. The summed E-state index contributed by atoms with van der Waals surface area (Å²) in [5, 5.41) is 62.7. The van der Waals surface area contributed by atoms with Gasteiger partial charge in [-0.25, -0.2) is 0 Å². The lowest BCUT2D eigenvalue weighted by Crippen LogP contribution is -2.63. The van der Waals surface area contributed by atoms with Crippen LogP contribution in [0.5, 0.6) is 28.7 Å². The number of aliphatic hydroxyl groups excluding tert-OH is 2. The smallest absolute Gasteiger partial charge is 0.303 e. The molecule has 10 atom stereocenters. The highest BCUT2D eigenvalue weighted by molar-refractivity contribution is 5.88. The van der Waals surface area contributed by atoms with Crippen molar-refractivity contribution in [1.82, 2.24) is 0 Å². The summed E-state index contributed by atoms with van der Waals surface area (Å²) < 4.78 is 50.5. The zero-order chi connectivity index (χ0) is 40.5. The monoisotopic (exact) mass is 778 g/mol. The van der Waals surface area contributed by atoms with Crippen molar-refractivity contribution in [3.8, 4) is 40.1 Å². The number of phenolic OH excluding ortho intramolecular Hbond substituents is 4. The number of fused-ring (bicyclic) bond motifs is 1. The molecule has 3 heterocycles. The van der Waals surface area contributed by atoms with E-state index in [2.05, 4.69) is 0 Å². The first-order valence-electron chi connectivity index (χ1n) is 16.6. The van der Waals surface area contributed by atoms with Gasteiger partial charge in [0.05, 0.1) is 12.7 Å². The maximum Gasteiger partial charge on any atom is 0.303 e. The van der Waals surface area contributed by atoms with Crippen LogP contribution in [0.25, 0.3) is 22.3 Å². The molecule has 2 aromatic carbocycles. The Morgan fingerprint density at radius 3 is 1.91 bits per heavy atom. The molecule has 5 rings (SSSR count). The topological polar surface area (TPSA) is 294 Å². The van der Waals surface area contributed by atoms with Gasteiger partial charge in [0, 0.05) is 45.4 Å². The van der Waals surface area contributed by atoms with Crippen LogP contribution in [0.15, 0.2) is 39.5 Å². The number of hydrogen-bond acceptors (Lipinski definition) is 20. The highest BCUT2D eigenvalue weighted by atomic mass is 16.7. The first-order valence-corrected chi connectivity index (χ1v) is 16.6. The summed E-state index contributed by atoms with van der Waals surface area (Å²) >= 11 is 0. The number of carbonyl (C=O) groups is 4. The van der Waals surface area contributed by atoms with Gasteiger partial charge in [-0.15, -0.1) is 0 Å². The molecule has 2 aliphatic heterocycles. The molecule has 20 heteroatoms. The van der Waals surface area contributed by atoms with Crippen LogP contribution in [0.1, 0.15) is 34.6 Å². The summed E-state index contributed by atoms with van der Waals surface area (Å²) in [6, 6.07) is 5.12. The van der Waals surface area contributed by atoms with E-state index >= 15 is 0 Å². The van der Waals surface area contributed by atoms with Crippen molar-refractivity contribution in [3.05, 3.63) is 40.6 Å². The third-order valence-electron chi connectivity index (χ3n) is 8.39. The Balaban J connectivity index is 1.52. The molecule has 0 aliphatic carbocycles. The minimum Gasteiger partial charge on any atom is -0.508 e. The Morgan fingerprint density at radius 2 is 1.29 bits per heavy atom. The van der Waals surface area contributed by atoms with Crippen molar-refractivity contribution >= 4 is 34.8 Å². The number of hydrogen-bond donors (Lipinski definition) is 6. The molecule has 2 fully saturated rings. The van der Waals surface area contributed by atoms with Gasteiger partial charge in [0.15, 0.2) is 54.1 Å². The average molecular weight is 779 g/mol. The molecule has 0 saturated carbocycles. The van der Waals surface area contributed by atoms with Crippen LogP contribution in [0, 0.1) is 0 Å². The van der Waals surface area contributed by atoms with E-state index in [0.717, 1.165) is 52.0 Å². The van der Waals surface area contributed by atoms with E-state index in [1.807, 2.05) is 0 Å². The highest BCUT2D eigenvalue weighted by Crippen LogP contribution is 2.40. The van der Waals surface area contributed by atoms with Crippen LogP contribution < -0.4 is 10.2 Å². The summed E-state index contributed by atoms with van der Waals surface area (Å²) in [6.07, 6.45) is -16.2. The van der Waals surface area contributed by atoms with Crippen molar-refractivity contribution in [1.29, 1.82) is 0 Å². The normalized spacial score (nSPS) is 27.8. The second-order valence-corrected chi connectivity index (χ2v) is 12.6. The van der Waals surface area contributed by atoms with Crippen molar-refractivity contribution < 1.29 is 92.1 Å². The number of ether oxygens (including phenoxy) is 8. The van der Waals surface area contributed by atoms with Gasteiger partial charge in [0.2, 0.25) is 17.5 Å². The fraction of sp³-hybridized carbons (Fsp3) is 0.457. The second-order valence-electron chi connectivity index (χ2n) is 12.6. The zero-order valence-electron chi connectivity index (χ0n) is 29.8. The van der Waals surface area contributed by atoms with E-state index in [9.17, 15) is 54.6 Å². The number of phenols is 4.